The Morgan fingerprint density at radius 3 is 2.64 bits per heavy atom. The Balaban J connectivity index is 1.75. The number of allylic oxidation sites excluding steroid dienone is 4. The van der Waals surface area contributed by atoms with Crippen molar-refractivity contribution in [3.63, 3.8) is 0 Å². The second-order valence-electron chi connectivity index (χ2n) is 9.57. The summed E-state index contributed by atoms with van der Waals surface area (Å²) in [7, 11) is 0. The van der Waals surface area contributed by atoms with E-state index in [0.29, 0.717) is 29.5 Å². The lowest BCUT2D eigenvalue weighted by molar-refractivity contribution is -0.132. The molecule has 0 aromatic rings. The summed E-state index contributed by atoms with van der Waals surface area (Å²) in [6.45, 7) is 9.06. The minimum atomic E-state index is -0.0827. The highest BCUT2D eigenvalue weighted by Gasteiger charge is 2.61. The summed E-state index contributed by atoms with van der Waals surface area (Å²) in [6.07, 6.45) is 11.3. The number of fused-ring (bicyclic) bond motifs is 5. The first-order valence-corrected chi connectivity index (χ1v) is 10.3. The highest BCUT2D eigenvalue weighted by molar-refractivity contribution is 6.02. The molecule has 0 aromatic carbocycles. The molecule has 4 aliphatic carbocycles. The van der Waals surface area contributed by atoms with Gasteiger partial charge in [-0.15, -0.1) is 0 Å². The molecule has 2 nitrogen and oxygen atoms in total. The number of hydrogen-bond acceptors (Lipinski definition) is 2. The molecule has 3 fully saturated rings. The third kappa shape index (κ3) is 2.22. The number of ketones is 2. The monoisotopic (exact) mass is 340 g/mol. The van der Waals surface area contributed by atoms with Gasteiger partial charge in [0.2, 0.25) is 0 Å². The zero-order valence-corrected chi connectivity index (χ0v) is 16.2. The number of hydrogen-bond donors (Lipinski definition) is 0. The molecule has 4 aliphatic rings. The molecule has 0 unspecified atom stereocenters. The van der Waals surface area contributed by atoms with Crippen LogP contribution in [0.15, 0.2) is 23.3 Å². The molecule has 2 heteroatoms. The number of carbonyl (C=O) groups is 2. The van der Waals surface area contributed by atoms with Gasteiger partial charge in [0.15, 0.2) is 5.78 Å². The zero-order chi connectivity index (χ0) is 18.0. The summed E-state index contributed by atoms with van der Waals surface area (Å²) in [4.78, 5) is 24.9. The third-order valence-electron chi connectivity index (χ3n) is 8.59. The molecule has 3 saturated carbocycles. The summed E-state index contributed by atoms with van der Waals surface area (Å²) < 4.78 is 0. The first-order chi connectivity index (χ1) is 11.8. The summed E-state index contributed by atoms with van der Waals surface area (Å²) in [6, 6.07) is 0. The van der Waals surface area contributed by atoms with Crippen molar-refractivity contribution in [2.75, 3.05) is 0 Å². The second kappa shape index (κ2) is 5.66. The van der Waals surface area contributed by atoms with E-state index in [1.165, 1.54) is 30.4 Å². The molecule has 0 spiro atoms. The lowest BCUT2D eigenvalue weighted by Gasteiger charge is -2.57. The summed E-state index contributed by atoms with van der Waals surface area (Å²) in [5.41, 5.74) is 2.57. The molecule has 0 saturated heterocycles. The van der Waals surface area contributed by atoms with Gasteiger partial charge in [-0.2, -0.15) is 0 Å². The molecule has 0 radical (unpaired) electrons. The predicted molar refractivity (Wildman–Crippen MR) is 100 cm³/mol. The molecule has 25 heavy (non-hydrogen) atoms. The minimum Gasteiger partial charge on any atom is -0.299 e. The quantitative estimate of drug-likeness (QED) is 0.685. The van der Waals surface area contributed by atoms with Crippen LogP contribution in [-0.4, -0.2) is 11.6 Å². The standard InChI is InChI=1S/C23H32O2/c1-5-6-15-12-20(25)22(3)10-9-19-18(21(15)22)8-7-16-13-17(24)11-14(2)23(16,19)4/h11,13,15,18-19,21H,5-10,12H2,1-4H3/t15-,18+,19-,21-,22+,23-/m0/s1. The van der Waals surface area contributed by atoms with Crippen LogP contribution in [0.3, 0.4) is 0 Å². The average Bonchev–Trinajstić information content (AvgIpc) is 2.80. The van der Waals surface area contributed by atoms with E-state index in [-0.39, 0.29) is 16.6 Å². The van der Waals surface area contributed by atoms with Crippen molar-refractivity contribution in [3.05, 3.63) is 23.3 Å². The number of carbonyl (C=O) groups excluding carboxylic acids is 2. The van der Waals surface area contributed by atoms with Gasteiger partial charge in [0, 0.05) is 17.3 Å². The highest BCUT2D eigenvalue weighted by atomic mass is 16.1. The highest BCUT2D eigenvalue weighted by Crippen LogP contribution is 2.66. The van der Waals surface area contributed by atoms with Gasteiger partial charge in [0.1, 0.15) is 5.78 Å². The van der Waals surface area contributed by atoms with Crippen LogP contribution in [0.1, 0.15) is 72.6 Å². The van der Waals surface area contributed by atoms with Gasteiger partial charge in [0.05, 0.1) is 0 Å². The van der Waals surface area contributed by atoms with Gasteiger partial charge in [-0.25, -0.2) is 0 Å². The van der Waals surface area contributed by atoms with E-state index in [1.807, 2.05) is 12.2 Å². The van der Waals surface area contributed by atoms with Crippen LogP contribution in [0.25, 0.3) is 0 Å². The molecule has 0 bridgehead atoms. The largest absolute Gasteiger partial charge is 0.299 e. The zero-order valence-electron chi connectivity index (χ0n) is 16.2. The minimum absolute atomic E-state index is 0.0422. The SMILES string of the molecule is CCC[C@H]1CC(=O)[C@@]2(C)CC[C@H]3[C@@H](CCC4=CC(=O)C=C(C)[C@@]43C)[C@H]12. The maximum Gasteiger partial charge on any atom is 0.178 e. The van der Waals surface area contributed by atoms with Gasteiger partial charge < -0.3 is 0 Å². The van der Waals surface area contributed by atoms with Gasteiger partial charge in [-0.1, -0.05) is 38.3 Å². The maximum atomic E-state index is 12.9. The Labute approximate surface area is 152 Å². The molecule has 0 heterocycles. The molecule has 0 aromatic heterocycles. The third-order valence-corrected chi connectivity index (χ3v) is 8.59. The fourth-order valence-electron chi connectivity index (χ4n) is 7.27. The van der Waals surface area contributed by atoms with Gasteiger partial charge in [0.25, 0.3) is 0 Å². The molecule has 0 aliphatic heterocycles. The molecule has 0 N–H and O–H groups in total. The lowest BCUT2D eigenvalue weighted by atomic mass is 9.46. The van der Waals surface area contributed by atoms with Crippen molar-refractivity contribution in [1.82, 2.24) is 0 Å². The van der Waals surface area contributed by atoms with E-state index in [9.17, 15) is 9.59 Å². The molecule has 6 atom stereocenters. The van der Waals surface area contributed by atoms with E-state index in [2.05, 4.69) is 27.7 Å². The second-order valence-corrected chi connectivity index (χ2v) is 9.57. The molecular weight excluding hydrogens is 308 g/mol. The smallest absolute Gasteiger partial charge is 0.178 e. The van der Waals surface area contributed by atoms with Crippen LogP contribution >= 0.6 is 0 Å². The summed E-state index contributed by atoms with van der Waals surface area (Å²) >= 11 is 0. The fourth-order valence-corrected chi connectivity index (χ4v) is 7.27. The average molecular weight is 341 g/mol. The van der Waals surface area contributed by atoms with Gasteiger partial charge >= 0.3 is 0 Å². The normalized spacial score (nSPS) is 46.1. The Kier molecular flexibility index (Phi) is 3.90. The van der Waals surface area contributed by atoms with Crippen molar-refractivity contribution in [3.8, 4) is 0 Å². The molecule has 0 amide bonds. The van der Waals surface area contributed by atoms with E-state index in [4.69, 9.17) is 0 Å². The van der Waals surface area contributed by atoms with Gasteiger partial charge in [-0.3, -0.25) is 9.59 Å². The molecule has 4 rings (SSSR count). The van der Waals surface area contributed by atoms with E-state index in [0.717, 1.165) is 25.7 Å². The Hall–Kier alpha value is -1.18. The molecular formula is C23H32O2. The van der Waals surface area contributed by atoms with E-state index in [1.54, 1.807) is 0 Å². The Bertz CT molecular complexity index is 684. The van der Waals surface area contributed by atoms with E-state index >= 15 is 0 Å². The molecule has 136 valence electrons. The van der Waals surface area contributed by atoms with Crippen LogP contribution in [0, 0.1) is 34.5 Å². The Morgan fingerprint density at radius 2 is 1.92 bits per heavy atom. The van der Waals surface area contributed by atoms with Crippen LogP contribution in [0.5, 0.6) is 0 Å². The van der Waals surface area contributed by atoms with Crippen LogP contribution < -0.4 is 0 Å². The predicted octanol–water partition coefficient (Wildman–Crippen LogP) is 5.28. The Morgan fingerprint density at radius 1 is 1.16 bits per heavy atom. The maximum absolute atomic E-state index is 12.9. The summed E-state index contributed by atoms with van der Waals surface area (Å²) in [5.74, 6) is 3.08. The van der Waals surface area contributed by atoms with Crippen molar-refractivity contribution in [2.24, 2.45) is 34.5 Å². The first-order valence-electron chi connectivity index (χ1n) is 10.3. The van der Waals surface area contributed by atoms with Crippen molar-refractivity contribution < 1.29 is 9.59 Å². The van der Waals surface area contributed by atoms with Crippen molar-refractivity contribution in [2.45, 2.75) is 72.6 Å². The first kappa shape index (κ1) is 17.2. The number of Topliss-reactive ketones (excluding diaryl/α,β-unsaturated/α-hetero) is 1. The van der Waals surface area contributed by atoms with Gasteiger partial charge in [-0.05, 0) is 74.9 Å². The topological polar surface area (TPSA) is 34.1 Å². The van der Waals surface area contributed by atoms with E-state index < -0.39 is 0 Å². The lowest BCUT2D eigenvalue weighted by Crippen LogP contribution is -2.51. The van der Waals surface area contributed by atoms with Crippen molar-refractivity contribution >= 4 is 11.6 Å². The van der Waals surface area contributed by atoms with Crippen LogP contribution in [-0.2, 0) is 9.59 Å². The van der Waals surface area contributed by atoms with Crippen molar-refractivity contribution in [1.29, 1.82) is 0 Å². The summed E-state index contributed by atoms with van der Waals surface area (Å²) in [5, 5.41) is 0. The van der Waals surface area contributed by atoms with Crippen LogP contribution in [0.2, 0.25) is 0 Å². The fraction of sp³-hybridized carbons (Fsp3) is 0.739. The van der Waals surface area contributed by atoms with Crippen LogP contribution in [0.4, 0.5) is 0 Å². The number of rotatable bonds is 2.